The molecule has 0 bridgehead atoms. The molecule has 0 heterocycles. The van der Waals surface area contributed by atoms with E-state index in [1.807, 2.05) is 0 Å². The topological polar surface area (TPSA) is 26.3 Å². The summed E-state index contributed by atoms with van der Waals surface area (Å²) in [7, 11) is 0. The first-order valence-electron chi connectivity index (χ1n) is 13.7. The van der Waals surface area contributed by atoms with E-state index < -0.39 is 5.77 Å². The molecular weight excluding hydrogens is 439 g/mol. The van der Waals surface area contributed by atoms with Crippen LogP contribution in [0.4, 0.5) is 0 Å². The zero-order valence-electron chi connectivity index (χ0n) is 21.1. The maximum absolute atomic E-state index is 12.4. The third-order valence-electron chi connectivity index (χ3n) is 6.00. The van der Waals surface area contributed by atoms with Crippen LogP contribution < -0.4 is 0 Å². The molecule has 0 rings (SSSR count). The van der Waals surface area contributed by atoms with Gasteiger partial charge in [0.1, 0.15) is 0 Å². The molecule has 0 aromatic carbocycles. The fourth-order valence-corrected chi connectivity index (χ4v) is 7.43. The second-order valence-electron chi connectivity index (χ2n) is 9.21. The van der Waals surface area contributed by atoms with Crippen LogP contribution in [0.1, 0.15) is 155 Å². The fourth-order valence-electron chi connectivity index (χ4n) is 3.93. The van der Waals surface area contributed by atoms with Crippen LogP contribution in [-0.2, 0) is 9.09 Å². The lowest BCUT2D eigenvalue weighted by molar-refractivity contribution is 0.321. The van der Waals surface area contributed by atoms with Crippen molar-refractivity contribution in [2.45, 2.75) is 155 Å². The predicted octanol–water partition coefficient (Wildman–Crippen LogP) is 11.4. The minimum absolute atomic E-state index is 0.600. The van der Waals surface area contributed by atoms with E-state index in [-0.39, 0.29) is 0 Å². The fraction of sp³-hybridized carbons (Fsp3) is 1.00. The van der Waals surface area contributed by atoms with Gasteiger partial charge in [-0.2, -0.15) is 0 Å². The van der Waals surface area contributed by atoms with Crippen molar-refractivity contribution in [2.24, 2.45) is 0 Å². The molecule has 0 saturated carbocycles. The standard InChI is InChI=1S/C26H55O2PS2/c1-3-5-7-9-11-13-15-17-19-21-23-25-28-29(27,30)31-26-24-22-20-18-16-14-12-10-8-6-4-2/h3-26H2,1-2H3,(H,27,30). The monoisotopic (exact) mass is 494 g/mol. The first kappa shape index (κ1) is 31.9. The average molecular weight is 495 g/mol. The quantitative estimate of drug-likeness (QED) is 0.0735. The summed E-state index contributed by atoms with van der Waals surface area (Å²) in [6.45, 7) is 5.15. The van der Waals surface area contributed by atoms with Crippen LogP contribution in [0.25, 0.3) is 0 Å². The number of thiol groups is 1. The zero-order chi connectivity index (χ0) is 22.9. The largest absolute Gasteiger partial charge is 0.314 e. The zero-order valence-corrected chi connectivity index (χ0v) is 23.7. The molecule has 0 saturated heterocycles. The molecule has 188 valence electrons. The van der Waals surface area contributed by atoms with E-state index in [9.17, 15) is 4.57 Å². The Morgan fingerprint density at radius 1 is 0.548 bits per heavy atom. The van der Waals surface area contributed by atoms with E-state index in [0.29, 0.717) is 6.61 Å². The van der Waals surface area contributed by atoms with Crippen LogP contribution in [0.15, 0.2) is 0 Å². The smallest absolute Gasteiger partial charge is 0.310 e. The molecule has 0 aromatic heterocycles. The Morgan fingerprint density at radius 2 is 0.871 bits per heavy atom. The molecule has 0 aromatic rings. The molecule has 2 nitrogen and oxygen atoms in total. The van der Waals surface area contributed by atoms with Crippen LogP contribution in [0, 0.1) is 0 Å². The maximum Gasteiger partial charge on any atom is 0.310 e. The number of hydrogen-bond donors (Lipinski definition) is 1. The molecule has 0 aliphatic carbocycles. The van der Waals surface area contributed by atoms with Gasteiger partial charge in [-0.15, -0.1) is 0 Å². The minimum Gasteiger partial charge on any atom is -0.314 e. The van der Waals surface area contributed by atoms with Gasteiger partial charge in [0.2, 0.25) is 0 Å². The van der Waals surface area contributed by atoms with Crippen molar-refractivity contribution in [2.75, 3.05) is 12.4 Å². The lowest BCUT2D eigenvalue weighted by Gasteiger charge is -2.12. The van der Waals surface area contributed by atoms with E-state index in [2.05, 4.69) is 26.1 Å². The Balaban J connectivity index is 3.30. The molecule has 5 heteroatoms. The molecule has 31 heavy (non-hydrogen) atoms. The van der Waals surface area contributed by atoms with Gasteiger partial charge < -0.3 is 4.52 Å². The highest BCUT2D eigenvalue weighted by atomic mass is 33.1. The van der Waals surface area contributed by atoms with E-state index in [1.54, 1.807) is 0 Å². The third kappa shape index (κ3) is 27.0. The highest BCUT2D eigenvalue weighted by Crippen LogP contribution is 2.64. The molecular formula is C26H55O2PS2. The second-order valence-corrected chi connectivity index (χ2v) is 15.7. The van der Waals surface area contributed by atoms with Crippen molar-refractivity contribution in [3.8, 4) is 0 Å². The molecule has 0 aliphatic rings. The van der Waals surface area contributed by atoms with E-state index >= 15 is 0 Å². The number of rotatable bonds is 26. The Labute approximate surface area is 205 Å². The van der Waals surface area contributed by atoms with Crippen molar-refractivity contribution in [3.05, 3.63) is 0 Å². The minimum atomic E-state index is -2.74. The molecule has 0 amide bonds. The van der Waals surface area contributed by atoms with Gasteiger partial charge in [0.25, 0.3) is 0 Å². The van der Waals surface area contributed by atoms with Crippen molar-refractivity contribution in [1.29, 1.82) is 0 Å². The van der Waals surface area contributed by atoms with Gasteiger partial charge in [0, 0.05) is 5.75 Å². The van der Waals surface area contributed by atoms with Crippen LogP contribution in [0.5, 0.6) is 0 Å². The summed E-state index contributed by atoms with van der Waals surface area (Å²) in [6.07, 6.45) is 29.3. The Bertz CT molecular complexity index is 362. The molecule has 0 radical (unpaired) electrons. The lowest BCUT2D eigenvalue weighted by atomic mass is 10.1. The molecule has 0 aliphatic heterocycles. The van der Waals surface area contributed by atoms with Gasteiger partial charge >= 0.3 is 5.77 Å². The Kier molecular flexibility index (Phi) is 26.2. The SMILES string of the molecule is CCCCCCCCCCCCCOP(=O)(S)SCCCCCCCCCCCCC. The predicted molar refractivity (Wildman–Crippen MR) is 148 cm³/mol. The first-order valence-corrected chi connectivity index (χ1v) is 18.1. The molecule has 1 unspecified atom stereocenters. The van der Waals surface area contributed by atoms with Gasteiger partial charge in [-0.1, -0.05) is 166 Å². The maximum atomic E-state index is 12.4. The summed E-state index contributed by atoms with van der Waals surface area (Å²) in [5.41, 5.74) is 0. The van der Waals surface area contributed by atoms with Crippen LogP contribution in [0.2, 0.25) is 0 Å². The van der Waals surface area contributed by atoms with E-state index in [0.717, 1.165) is 18.6 Å². The number of hydrogen-bond acceptors (Lipinski definition) is 3. The lowest BCUT2D eigenvalue weighted by Crippen LogP contribution is -1.90. The van der Waals surface area contributed by atoms with Crippen molar-refractivity contribution in [1.82, 2.24) is 0 Å². The van der Waals surface area contributed by atoms with Crippen LogP contribution >= 0.6 is 29.4 Å². The van der Waals surface area contributed by atoms with Crippen molar-refractivity contribution < 1.29 is 9.09 Å². The van der Waals surface area contributed by atoms with Crippen molar-refractivity contribution in [3.63, 3.8) is 0 Å². The highest BCUT2D eigenvalue weighted by molar-refractivity contribution is 8.84. The molecule has 1 atom stereocenters. The van der Waals surface area contributed by atoms with Gasteiger partial charge in [-0.05, 0) is 12.8 Å². The van der Waals surface area contributed by atoms with Gasteiger partial charge in [0.05, 0.1) is 6.61 Å². The van der Waals surface area contributed by atoms with Gasteiger partial charge in [-0.25, -0.2) is 0 Å². The van der Waals surface area contributed by atoms with Crippen LogP contribution in [-0.4, -0.2) is 12.4 Å². The van der Waals surface area contributed by atoms with Gasteiger partial charge in [-0.3, -0.25) is 4.57 Å². The van der Waals surface area contributed by atoms with Crippen molar-refractivity contribution >= 4 is 29.4 Å². The molecule has 0 N–H and O–H groups in total. The summed E-state index contributed by atoms with van der Waals surface area (Å²) >= 11 is 5.73. The summed E-state index contributed by atoms with van der Waals surface area (Å²) in [5, 5.41) is 0. The Hall–Kier alpha value is 0.890. The van der Waals surface area contributed by atoms with Crippen LogP contribution in [0.3, 0.4) is 0 Å². The highest BCUT2D eigenvalue weighted by Gasteiger charge is 2.17. The van der Waals surface area contributed by atoms with E-state index in [1.165, 1.54) is 140 Å². The normalized spacial score (nSPS) is 13.5. The molecule has 0 fully saturated rings. The summed E-state index contributed by atoms with van der Waals surface area (Å²) < 4.78 is 18.0. The summed E-state index contributed by atoms with van der Waals surface area (Å²) in [5.74, 6) is -1.83. The first-order chi connectivity index (χ1) is 15.1. The summed E-state index contributed by atoms with van der Waals surface area (Å²) in [6, 6.07) is 0. The number of unbranched alkanes of at least 4 members (excludes halogenated alkanes) is 20. The molecule has 0 spiro atoms. The Morgan fingerprint density at radius 3 is 1.26 bits per heavy atom. The summed E-state index contributed by atoms with van der Waals surface area (Å²) in [4.78, 5) is 0. The van der Waals surface area contributed by atoms with E-state index in [4.69, 9.17) is 4.52 Å². The average Bonchev–Trinajstić information content (AvgIpc) is 2.75. The second kappa shape index (κ2) is 25.5. The third-order valence-corrected chi connectivity index (χ3v) is 10.5. The van der Waals surface area contributed by atoms with Gasteiger partial charge in [0.15, 0.2) is 0 Å².